The van der Waals surface area contributed by atoms with Crippen LogP contribution in [-0.2, 0) is 25.1 Å². The molecule has 3 aromatic rings. The zero-order chi connectivity index (χ0) is 19.0. The van der Waals surface area contributed by atoms with E-state index in [1.807, 2.05) is 6.07 Å². The first kappa shape index (κ1) is 17.9. The summed E-state index contributed by atoms with van der Waals surface area (Å²) in [4.78, 5) is 30.5. The van der Waals surface area contributed by atoms with Crippen molar-refractivity contribution in [3.05, 3.63) is 73.4 Å². The van der Waals surface area contributed by atoms with Gasteiger partial charge in [-0.1, -0.05) is 30.0 Å². The molecule has 8 heteroatoms. The number of aryl methyl sites for hydroxylation is 2. The fourth-order valence-electron chi connectivity index (χ4n) is 3.37. The van der Waals surface area contributed by atoms with Crippen molar-refractivity contribution in [3.8, 4) is 0 Å². The Morgan fingerprint density at radius 2 is 2.26 bits per heavy atom. The fraction of sp³-hybridized carbons (Fsp3) is 0.263. The number of thioether (sulfide) groups is 1. The van der Waals surface area contributed by atoms with Crippen LogP contribution in [0.25, 0.3) is 10.2 Å². The normalized spacial score (nSPS) is 13.0. The van der Waals surface area contributed by atoms with E-state index in [0.29, 0.717) is 17.5 Å². The van der Waals surface area contributed by atoms with Crippen LogP contribution in [0.3, 0.4) is 0 Å². The van der Waals surface area contributed by atoms with E-state index in [2.05, 4.69) is 6.58 Å². The van der Waals surface area contributed by atoms with Crippen molar-refractivity contribution in [2.45, 2.75) is 36.7 Å². The Morgan fingerprint density at radius 3 is 3.04 bits per heavy atom. The van der Waals surface area contributed by atoms with Crippen LogP contribution < -0.4 is 5.56 Å². The first-order chi connectivity index (χ1) is 13.1. The molecule has 2 aromatic heterocycles. The molecule has 6 nitrogen and oxygen atoms in total. The number of nitro benzene ring substituents is 1. The van der Waals surface area contributed by atoms with Gasteiger partial charge in [-0.3, -0.25) is 19.5 Å². The summed E-state index contributed by atoms with van der Waals surface area (Å²) < 4.78 is 1.66. The van der Waals surface area contributed by atoms with Crippen LogP contribution in [0.5, 0.6) is 0 Å². The van der Waals surface area contributed by atoms with Crippen molar-refractivity contribution < 1.29 is 4.92 Å². The van der Waals surface area contributed by atoms with Crippen molar-refractivity contribution >= 4 is 39.0 Å². The zero-order valence-electron chi connectivity index (χ0n) is 14.5. The Morgan fingerprint density at radius 1 is 1.41 bits per heavy atom. The van der Waals surface area contributed by atoms with Gasteiger partial charge in [-0.15, -0.1) is 17.9 Å². The van der Waals surface area contributed by atoms with Crippen molar-refractivity contribution in [1.29, 1.82) is 0 Å². The highest BCUT2D eigenvalue weighted by Gasteiger charge is 2.23. The van der Waals surface area contributed by atoms with E-state index in [9.17, 15) is 14.9 Å². The van der Waals surface area contributed by atoms with E-state index in [0.717, 1.165) is 35.0 Å². The first-order valence-corrected chi connectivity index (χ1v) is 10.4. The second kappa shape index (κ2) is 7.28. The minimum atomic E-state index is -0.403. The Balaban J connectivity index is 1.71. The molecular weight excluding hydrogens is 382 g/mol. The number of hydrogen-bond donors (Lipinski definition) is 0. The minimum Gasteiger partial charge on any atom is -0.283 e. The highest BCUT2D eigenvalue weighted by Crippen LogP contribution is 2.36. The predicted octanol–water partition coefficient (Wildman–Crippen LogP) is 4.33. The molecule has 0 fully saturated rings. The SMILES string of the molecule is C=CCn1c(SCc2cccc([N+](=O)[O-])c2)nc2sc3c(c2c1=O)CCC3. The molecule has 0 amide bonds. The van der Waals surface area contributed by atoms with Gasteiger partial charge in [-0.25, -0.2) is 4.98 Å². The second-order valence-electron chi connectivity index (χ2n) is 6.35. The smallest absolute Gasteiger partial charge is 0.269 e. The number of nitrogens with zero attached hydrogens (tertiary/aromatic N) is 3. The third kappa shape index (κ3) is 3.30. The maximum Gasteiger partial charge on any atom is 0.269 e. The average Bonchev–Trinajstić information content (AvgIpc) is 3.23. The summed E-state index contributed by atoms with van der Waals surface area (Å²) in [6.45, 7) is 4.15. The van der Waals surface area contributed by atoms with E-state index < -0.39 is 4.92 Å². The quantitative estimate of drug-likeness (QED) is 0.203. The Hall–Kier alpha value is -2.45. The molecular formula is C19H17N3O3S2. The van der Waals surface area contributed by atoms with Gasteiger partial charge in [0.05, 0.1) is 10.3 Å². The van der Waals surface area contributed by atoms with Crippen molar-refractivity contribution in [3.63, 3.8) is 0 Å². The Kier molecular flexibility index (Phi) is 4.84. The van der Waals surface area contributed by atoms with Crippen LogP contribution in [-0.4, -0.2) is 14.5 Å². The summed E-state index contributed by atoms with van der Waals surface area (Å²) >= 11 is 3.04. The highest BCUT2D eigenvalue weighted by atomic mass is 32.2. The lowest BCUT2D eigenvalue weighted by molar-refractivity contribution is -0.384. The number of allylic oxidation sites excluding steroid dienone is 1. The largest absolute Gasteiger partial charge is 0.283 e. The molecule has 0 radical (unpaired) electrons. The van der Waals surface area contributed by atoms with Crippen LogP contribution in [0.15, 0.2) is 46.9 Å². The van der Waals surface area contributed by atoms with Gasteiger partial charge in [0.1, 0.15) is 4.83 Å². The molecule has 0 saturated carbocycles. The van der Waals surface area contributed by atoms with E-state index in [1.165, 1.54) is 28.3 Å². The van der Waals surface area contributed by atoms with Crippen LogP contribution in [0.4, 0.5) is 5.69 Å². The van der Waals surface area contributed by atoms with Gasteiger partial charge in [0.15, 0.2) is 5.16 Å². The maximum atomic E-state index is 13.1. The first-order valence-electron chi connectivity index (χ1n) is 8.60. The van der Waals surface area contributed by atoms with Crippen LogP contribution in [0, 0.1) is 10.1 Å². The van der Waals surface area contributed by atoms with E-state index in [4.69, 9.17) is 4.98 Å². The number of fused-ring (bicyclic) bond motifs is 3. The molecule has 0 spiro atoms. The summed E-state index contributed by atoms with van der Waals surface area (Å²) in [7, 11) is 0. The summed E-state index contributed by atoms with van der Waals surface area (Å²) in [5.74, 6) is 0.502. The van der Waals surface area contributed by atoms with Gasteiger partial charge in [-0.05, 0) is 30.4 Å². The standard InChI is InChI=1S/C19H17N3O3S2/c1-2-9-21-18(23)16-14-7-4-8-15(14)27-17(16)20-19(21)26-11-12-5-3-6-13(10-12)22(24)25/h2-3,5-6,10H,1,4,7-9,11H2. The van der Waals surface area contributed by atoms with Gasteiger partial charge in [0, 0.05) is 29.3 Å². The summed E-state index contributed by atoms with van der Waals surface area (Å²) in [6, 6.07) is 6.54. The zero-order valence-corrected chi connectivity index (χ0v) is 16.1. The van der Waals surface area contributed by atoms with E-state index in [1.54, 1.807) is 34.1 Å². The summed E-state index contributed by atoms with van der Waals surface area (Å²) in [6.07, 6.45) is 4.76. The molecule has 1 aliphatic rings. The van der Waals surface area contributed by atoms with Gasteiger partial charge in [0.25, 0.3) is 11.2 Å². The number of nitro groups is 1. The molecule has 0 saturated heterocycles. The molecule has 0 N–H and O–H groups in total. The maximum absolute atomic E-state index is 13.1. The van der Waals surface area contributed by atoms with Gasteiger partial charge in [-0.2, -0.15) is 0 Å². The van der Waals surface area contributed by atoms with Crippen LogP contribution in [0.2, 0.25) is 0 Å². The second-order valence-corrected chi connectivity index (χ2v) is 8.38. The third-order valence-electron chi connectivity index (χ3n) is 4.59. The molecule has 0 aliphatic heterocycles. The lowest BCUT2D eigenvalue weighted by atomic mass is 10.2. The van der Waals surface area contributed by atoms with E-state index >= 15 is 0 Å². The predicted molar refractivity (Wildman–Crippen MR) is 109 cm³/mol. The topological polar surface area (TPSA) is 78.0 Å². The molecule has 0 atom stereocenters. The van der Waals surface area contributed by atoms with Crippen molar-refractivity contribution in [2.75, 3.05) is 0 Å². The Labute approximate surface area is 163 Å². The summed E-state index contributed by atoms with van der Waals surface area (Å²) in [5.41, 5.74) is 2.04. The number of thiophene rings is 1. The Bertz CT molecular complexity index is 1120. The highest BCUT2D eigenvalue weighted by molar-refractivity contribution is 7.98. The molecule has 4 rings (SSSR count). The van der Waals surface area contributed by atoms with Gasteiger partial charge < -0.3 is 0 Å². The van der Waals surface area contributed by atoms with Gasteiger partial charge in [0.2, 0.25) is 0 Å². The molecule has 27 heavy (non-hydrogen) atoms. The van der Waals surface area contributed by atoms with Crippen LogP contribution in [0.1, 0.15) is 22.4 Å². The average molecular weight is 399 g/mol. The van der Waals surface area contributed by atoms with Crippen molar-refractivity contribution in [2.24, 2.45) is 0 Å². The number of benzene rings is 1. The number of aromatic nitrogens is 2. The molecule has 1 aromatic carbocycles. The summed E-state index contributed by atoms with van der Waals surface area (Å²) in [5, 5.41) is 12.3. The lowest BCUT2D eigenvalue weighted by Crippen LogP contribution is -2.22. The number of rotatable bonds is 6. The molecule has 0 unspecified atom stereocenters. The minimum absolute atomic E-state index is 0.0131. The third-order valence-corrected chi connectivity index (χ3v) is 6.82. The van der Waals surface area contributed by atoms with E-state index in [-0.39, 0.29) is 11.2 Å². The monoisotopic (exact) mass is 399 g/mol. The molecule has 0 bridgehead atoms. The molecule has 2 heterocycles. The number of non-ortho nitro benzene ring substituents is 1. The fourth-order valence-corrected chi connectivity index (χ4v) is 5.62. The molecule has 138 valence electrons. The van der Waals surface area contributed by atoms with Gasteiger partial charge >= 0.3 is 0 Å². The number of hydrogen-bond acceptors (Lipinski definition) is 6. The van der Waals surface area contributed by atoms with Crippen molar-refractivity contribution in [1.82, 2.24) is 9.55 Å². The molecule has 1 aliphatic carbocycles. The lowest BCUT2D eigenvalue weighted by Gasteiger charge is -2.10. The van der Waals surface area contributed by atoms with Crippen LogP contribution >= 0.6 is 23.1 Å².